The summed E-state index contributed by atoms with van der Waals surface area (Å²) in [6.45, 7) is 12.7. The Morgan fingerprint density at radius 2 is 1.19 bits per heavy atom. The van der Waals surface area contributed by atoms with Gasteiger partial charge in [0.05, 0.1) is 30.4 Å². The number of hydrogen-bond donors (Lipinski definition) is 1. The smallest absolute Gasteiger partial charge is 0.312 e. The Morgan fingerprint density at radius 3 is 1.51 bits per heavy atom. The fraction of sp³-hybridized carbons (Fsp3) is 0.344. The van der Waals surface area contributed by atoms with E-state index in [-0.39, 0.29) is 17.9 Å². The Bertz CT molecular complexity index is 1060. The number of carbonyl (C=O) groups is 1. The SMILES string of the molecule is COC(=O)[C@@H](C)/C=C(\O[Si](C)(C)C)[C@@H](NC(c1ccccc1)(c1ccccc1)c1ccccc1)C(C)C. The van der Waals surface area contributed by atoms with E-state index in [0.29, 0.717) is 0 Å². The molecule has 2 atom stereocenters. The van der Waals surface area contributed by atoms with Gasteiger partial charge in [-0.05, 0) is 55.2 Å². The van der Waals surface area contributed by atoms with E-state index < -0.39 is 19.8 Å². The summed E-state index contributed by atoms with van der Waals surface area (Å²) in [4.78, 5) is 12.4. The van der Waals surface area contributed by atoms with Crippen LogP contribution < -0.4 is 5.32 Å². The third-order valence-corrected chi connectivity index (χ3v) is 7.22. The Morgan fingerprint density at radius 1 is 0.784 bits per heavy atom. The number of carbonyl (C=O) groups excluding carboxylic acids is 1. The lowest BCUT2D eigenvalue weighted by molar-refractivity contribution is -0.143. The molecule has 0 saturated carbocycles. The maximum absolute atomic E-state index is 12.4. The highest BCUT2D eigenvalue weighted by molar-refractivity contribution is 6.70. The van der Waals surface area contributed by atoms with Crippen molar-refractivity contribution in [2.24, 2.45) is 11.8 Å². The highest BCUT2D eigenvalue weighted by atomic mass is 28.4. The fourth-order valence-corrected chi connectivity index (χ4v) is 5.57. The van der Waals surface area contributed by atoms with Crippen molar-refractivity contribution in [2.45, 2.75) is 52.0 Å². The van der Waals surface area contributed by atoms with E-state index in [1.165, 1.54) is 7.11 Å². The van der Waals surface area contributed by atoms with E-state index in [2.05, 4.69) is 112 Å². The molecule has 196 valence electrons. The van der Waals surface area contributed by atoms with Crippen molar-refractivity contribution >= 4 is 14.3 Å². The van der Waals surface area contributed by atoms with Gasteiger partial charge in [0, 0.05) is 0 Å². The summed E-state index contributed by atoms with van der Waals surface area (Å²) in [6, 6.07) is 31.5. The second kappa shape index (κ2) is 12.4. The van der Waals surface area contributed by atoms with Crippen molar-refractivity contribution in [2.75, 3.05) is 7.11 Å². The number of nitrogens with one attached hydrogen (secondary N) is 1. The van der Waals surface area contributed by atoms with Crippen LogP contribution in [0.4, 0.5) is 0 Å². The molecule has 0 unspecified atom stereocenters. The zero-order valence-electron chi connectivity index (χ0n) is 23.2. The first-order valence-electron chi connectivity index (χ1n) is 13.0. The molecule has 0 radical (unpaired) electrons. The molecule has 3 aromatic rings. The van der Waals surface area contributed by atoms with Crippen LogP contribution in [0.15, 0.2) is 103 Å². The molecule has 3 rings (SSSR count). The highest BCUT2D eigenvalue weighted by Gasteiger charge is 2.40. The molecule has 0 spiro atoms. The molecule has 3 aromatic carbocycles. The maximum Gasteiger partial charge on any atom is 0.312 e. The van der Waals surface area contributed by atoms with Gasteiger partial charge in [0.2, 0.25) is 8.32 Å². The van der Waals surface area contributed by atoms with Crippen LogP contribution in [0.5, 0.6) is 0 Å². The summed E-state index contributed by atoms with van der Waals surface area (Å²) in [5, 5.41) is 4.08. The molecule has 37 heavy (non-hydrogen) atoms. The maximum atomic E-state index is 12.4. The Hall–Kier alpha value is -3.15. The minimum atomic E-state index is -2.01. The average Bonchev–Trinajstić information content (AvgIpc) is 2.89. The van der Waals surface area contributed by atoms with Crippen LogP contribution in [0.3, 0.4) is 0 Å². The minimum Gasteiger partial charge on any atom is -0.546 e. The van der Waals surface area contributed by atoms with E-state index in [0.717, 1.165) is 22.4 Å². The van der Waals surface area contributed by atoms with Crippen molar-refractivity contribution in [3.63, 3.8) is 0 Å². The van der Waals surface area contributed by atoms with Gasteiger partial charge in [-0.1, -0.05) is 105 Å². The van der Waals surface area contributed by atoms with E-state index in [1.807, 2.05) is 31.2 Å². The van der Waals surface area contributed by atoms with Crippen molar-refractivity contribution in [3.05, 3.63) is 120 Å². The Labute approximate surface area is 223 Å². The van der Waals surface area contributed by atoms with E-state index in [9.17, 15) is 4.79 Å². The largest absolute Gasteiger partial charge is 0.546 e. The monoisotopic (exact) mass is 515 g/mol. The molecular weight excluding hydrogens is 474 g/mol. The summed E-state index contributed by atoms with van der Waals surface area (Å²) in [5.74, 6) is 0.251. The fourth-order valence-electron chi connectivity index (χ4n) is 4.67. The molecule has 0 saturated heterocycles. The predicted molar refractivity (Wildman–Crippen MR) is 155 cm³/mol. The molecule has 0 heterocycles. The van der Waals surface area contributed by atoms with Gasteiger partial charge < -0.3 is 9.16 Å². The van der Waals surface area contributed by atoms with Gasteiger partial charge >= 0.3 is 5.97 Å². The van der Waals surface area contributed by atoms with Gasteiger partial charge in [0.15, 0.2) is 0 Å². The summed E-state index contributed by atoms with van der Waals surface area (Å²) < 4.78 is 11.8. The number of esters is 1. The van der Waals surface area contributed by atoms with Crippen molar-refractivity contribution < 1.29 is 14.0 Å². The first-order valence-corrected chi connectivity index (χ1v) is 16.4. The Kier molecular flexibility index (Phi) is 9.52. The Balaban J connectivity index is 2.29. The topological polar surface area (TPSA) is 47.6 Å². The predicted octanol–water partition coefficient (Wildman–Crippen LogP) is 7.14. The molecule has 0 aromatic heterocycles. The summed E-state index contributed by atoms with van der Waals surface area (Å²) >= 11 is 0. The van der Waals surface area contributed by atoms with Crippen LogP contribution in [-0.2, 0) is 19.5 Å². The van der Waals surface area contributed by atoms with Gasteiger partial charge in [0.25, 0.3) is 0 Å². The molecule has 0 bridgehead atoms. The van der Waals surface area contributed by atoms with Gasteiger partial charge in [0.1, 0.15) is 0 Å². The van der Waals surface area contributed by atoms with Crippen molar-refractivity contribution in [3.8, 4) is 0 Å². The quantitative estimate of drug-likeness (QED) is 0.128. The number of hydrogen-bond acceptors (Lipinski definition) is 4. The van der Waals surface area contributed by atoms with Gasteiger partial charge in [-0.3, -0.25) is 10.1 Å². The highest BCUT2D eigenvalue weighted by Crippen LogP contribution is 2.39. The van der Waals surface area contributed by atoms with Gasteiger partial charge in [-0.2, -0.15) is 0 Å². The molecule has 0 aliphatic carbocycles. The van der Waals surface area contributed by atoms with Gasteiger partial charge in [-0.25, -0.2) is 0 Å². The molecule has 0 fully saturated rings. The van der Waals surface area contributed by atoms with Crippen LogP contribution in [0.2, 0.25) is 19.6 Å². The number of ether oxygens (including phenoxy) is 1. The van der Waals surface area contributed by atoms with Crippen LogP contribution in [0.25, 0.3) is 0 Å². The molecule has 1 N–H and O–H groups in total. The average molecular weight is 516 g/mol. The molecular formula is C32H41NO3Si. The number of rotatable bonds is 11. The van der Waals surface area contributed by atoms with Crippen molar-refractivity contribution in [1.82, 2.24) is 5.32 Å². The number of benzene rings is 3. The molecule has 5 heteroatoms. The van der Waals surface area contributed by atoms with Gasteiger partial charge in [-0.15, -0.1) is 0 Å². The third kappa shape index (κ3) is 6.99. The van der Waals surface area contributed by atoms with E-state index in [1.54, 1.807) is 0 Å². The summed E-state index contributed by atoms with van der Waals surface area (Å²) in [6.07, 6.45) is 1.94. The van der Waals surface area contributed by atoms with Crippen molar-refractivity contribution in [1.29, 1.82) is 0 Å². The molecule has 0 aliphatic heterocycles. The standard InChI is InChI=1S/C32H41NO3Si/c1-24(2)30(29(36-37(5,6)7)23-25(3)31(34)35-4)33-32(26-17-11-8-12-18-26,27-19-13-9-14-20-27)28-21-15-10-16-22-28/h8-25,30,33H,1-7H3/b29-23-/t25-,30-/m0/s1. The van der Waals surface area contributed by atoms with Crippen LogP contribution in [-0.4, -0.2) is 27.4 Å². The zero-order chi connectivity index (χ0) is 27.1. The van der Waals surface area contributed by atoms with E-state index in [4.69, 9.17) is 9.16 Å². The summed E-state index contributed by atoms with van der Waals surface area (Å²) in [7, 11) is -0.589. The van der Waals surface area contributed by atoms with Crippen LogP contribution in [0.1, 0.15) is 37.5 Å². The minimum absolute atomic E-state index is 0.169. The lowest BCUT2D eigenvalue weighted by Gasteiger charge is -2.43. The molecule has 0 amide bonds. The normalized spacial score (nSPS) is 14.2. The second-order valence-electron chi connectivity index (χ2n) is 10.8. The second-order valence-corrected chi connectivity index (χ2v) is 15.2. The first-order chi connectivity index (χ1) is 17.6. The van der Waals surface area contributed by atoms with Crippen LogP contribution in [0, 0.1) is 11.8 Å². The lowest BCUT2D eigenvalue weighted by Crippen LogP contribution is -2.53. The first kappa shape index (κ1) is 28.4. The van der Waals surface area contributed by atoms with Crippen LogP contribution >= 0.6 is 0 Å². The number of methoxy groups -OCH3 is 1. The molecule has 4 nitrogen and oxygen atoms in total. The third-order valence-electron chi connectivity index (χ3n) is 6.38. The zero-order valence-corrected chi connectivity index (χ0v) is 24.2. The van der Waals surface area contributed by atoms with E-state index >= 15 is 0 Å². The summed E-state index contributed by atoms with van der Waals surface area (Å²) in [5.41, 5.74) is 2.74. The lowest BCUT2D eigenvalue weighted by atomic mass is 9.75. The molecule has 0 aliphatic rings.